The van der Waals surface area contributed by atoms with E-state index >= 15 is 0 Å². The molecule has 0 spiro atoms. The van der Waals surface area contributed by atoms with Crippen molar-refractivity contribution in [1.29, 1.82) is 0 Å². The SMILES string of the molecule is CN1CCN(C(=O)[C@@H](c2ccccc2)N(C)C)CC1CNC(=O)CN1CCOCC1. The molecule has 0 radical (unpaired) electrons. The van der Waals surface area contributed by atoms with E-state index in [1.165, 1.54) is 0 Å². The first-order chi connectivity index (χ1) is 14.5. The molecular formula is C22H35N5O3. The lowest BCUT2D eigenvalue weighted by atomic mass is 10.0. The monoisotopic (exact) mass is 417 g/mol. The lowest BCUT2D eigenvalue weighted by Gasteiger charge is -2.41. The predicted molar refractivity (Wildman–Crippen MR) is 116 cm³/mol. The molecule has 2 heterocycles. The molecule has 30 heavy (non-hydrogen) atoms. The Kier molecular flexibility index (Phi) is 8.21. The second-order valence-electron chi connectivity index (χ2n) is 8.39. The van der Waals surface area contributed by atoms with Gasteiger partial charge in [0.1, 0.15) is 6.04 Å². The lowest BCUT2D eigenvalue weighted by Crippen LogP contribution is -2.58. The average Bonchev–Trinajstić information content (AvgIpc) is 2.74. The Hall–Kier alpha value is -2.00. The van der Waals surface area contributed by atoms with Crippen LogP contribution < -0.4 is 5.32 Å². The van der Waals surface area contributed by atoms with Gasteiger partial charge < -0.3 is 15.0 Å². The van der Waals surface area contributed by atoms with Gasteiger partial charge in [0.2, 0.25) is 11.8 Å². The number of carbonyl (C=O) groups is 2. The Labute approximate surface area is 179 Å². The first kappa shape index (κ1) is 22.7. The Morgan fingerprint density at radius 2 is 1.83 bits per heavy atom. The maximum Gasteiger partial charge on any atom is 0.244 e. The van der Waals surface area contributed by atoms with Crippen LogP contribution in [0.1, 0.15) is 11.6 Å². The van der Waals surface area contributed by atoms with Crippen LogP contribution in [0.5, 0.6) is 0 Å². The third kappa shape index (κ3) is 6.01. The van der Waals surface area contributed by atoms with E-state index in [1.54, 1.807) is 0 Å². The van der Waals surface area contributed by atoms with Gasteiger partial charge >= 0.3 is 0 Å². The van der Waals surface area contributed by atoms with Gasteiger partial charge in [-0.05, 0) is 26.7 Å². The number of nitrogens with one attached hydrogen (secondary N) is 1. The number of ether oxygens (including phenoxy) is 1. The van der Waals surface area contributed by atoms with Crippen LogP contribution >= 0.6 is 0 Å². The second-order valence-corrected chi connectivity index (χ2v) is 8.39. The van der Waals surface area contributed by atoms with Crippen LogP contribution in [0.2, 0.25) is 0 Å². The minimum absolute atomic E-state index is 0.0317. The molecule has 0 aromatic heterocycles. The summed E-state index contributed by atoms with van der Waals surface area (Å²) in [6.07, 6.45) is 0. The highest BCUT2D eigenvalue weighted by Gasteiger charge is 2.33. The average molecular weight is 418 g/mol. The molecule has 2 saturated heterocycles. The van der Waals surface area contributed by atoms with E-state index in [9.17, 15) is 9.59 Å². The highest BCUT2D eigenvalue weighted by Crippen LogP contribution is 2.22. The molecule has 2 fully saturated rings. The van der Waals surface area contributed by atoms with E-state index in [1.807, 2.05) is 54.2 Å². The molecule has 3 rings (SSSR count). The maximum absolute atomic E-state index is 13.4. The van der Waals surface area contributed by atoms with E-state index in [2.05, 4.69) is 22.2 Å². The number of hydrogen-bond donors (Lipinski definition) is 1. The van der Waals surface area contributed by atoms with Gasteiger partial charge in [0.25, 0.3) is 0 Å². The van der Waals surface area contributed by atoms with Gasteiger partial charge in [0.05, 0.1) is 19.8 Å². The molecule has 8 heteroatoms. The molecule has 2 amide bonds. The number of nitrogens with zero attached hydrogens (tertiary/aromatic N) is 4. The fourth-order valence-electron chi connectivity index (χ4n) is 4.09. The first-order valence-electron chi connectivity index (χ1n) is 10.7. The summed E-state index contributed by atoms with van der Waals surface area (Å²) in [6.45, 7) is 6.02. The van der Waals surface area contributed by atoms with E-state index in [0.29, 0.717) is 39.4 Å². The fraction of sp³-hybridized carbons (Fsp3) is 0.636. The number of hydrogen-bond acceptors (Lipinski definition) is 6. The number of likely N-dealkylation sites (N-methyl/N-ethyl adjacent to an activating group) is 2. The summed E-state index contributed by atoms with van der Waals surface area (Å²) >= 11 is 0. The number of morpholine rings is 1. The van der Waals surface area contributed by atoms with Crippen molar-refractivity contribution in [2.45, 2.75) is 12.1 Å². The normalized spacial score (nSPS) is 22.1. The van der Waals surface area contributed by atoms with Crippen LogP contribution in [0, 0.1) is 0 Å². The van der Waals surface area contributed by atoms with Gasteiger partial charge in [-0.2, -0.15) is 0 Å². The molecule has 2 aliphatic heterocycles. The number of carbonyl (C=O) groups excluding carboxylic acids is 2. The lowest BCUT2D eigenvalue weighted by molar-refractivity contribution is -0.139. The number of amides is 2. The molecule has 1 N–H and O–H groups in total. The predicted octanol–water partition coefficient (Wildman–Crippen LogP) is -0.120. The Morgan fingerprint density at radius 1 is 1.13 bits per heavy atom. The summed E-state index contributed by atoms with van der Waals surface area (Å²) in [5, 5.41) is 3.06. The fourth-order valence-corrected chi connectivity index (χ4v) is 4.09. The van der Waals surface area contributed by atoms with E-state index in [0.717, 1.165) is 25.2 Å². The molecule has 166 valence electrons. The third-order valence-corrected chi connectivity index (χ3v) is 5.96. The molecule has 1 unspecified atom stereocenters. The Morgan fingerprint density at radius 3 is 2.50 bits per heavy atom. The van der Waals surface area contributed by atoms with Crippen molar-refractivity contribution >= 4 is 11.8 Å². The topological polar surface area (TPSA) is 68.4 Å². The zero-order chi connectivity index (χ0) is 21.5. The summed E-state index contributed by atoms with van der Waals surface area (Å²) in [6, 6.07) is 9.71. The van der Waals surface area contributed by atoms with Gasteiger partial charge in [-0.15, -0.1) is 0 Å². The quantitative estimate of drug-likeness (QED) is 0.667. The molecule has 0 saturated carbocycles. The molecule has 1 aromatic rings. The van der Waals surface area contributed by atoms with Crippen LogP contribution in [0.3, 0.4) is 0 Å². The maximum atomic E-state index is 13.4. The van der Waals surface area contributed by atoms with Crippen molar-refractivity contribution < 1.29 is 14.3 Å². The van der Waals surface area contributed by atoms with Crippen LogP contribution in [0.4, 0.5) is 0 Å². The smallest absolute Gasteiger partial charge is 0.244 e. The molecule has 2 aliphatic rings. The van der Waals surface area contributed by atoms with E-state index in [-0.39, 0.29) is 23.9 Å². The summed E-state index contributed by atoms with van der Waals surface area (Å²) < 4.78 is 5.33. The van der Waals surface area contributed by atoms with Crippen LogP contribution in [-0.4, -0.2) is 118 Å². The van der Waals surface area contributed by atoms with Crippen molar-refractivity contribution in [2.75, 3.05) is 80.2 Å². The summed E-state index contributed by atoms with van der Waals surface area (Å²) in [7, 11) is 5.94. The van der Waals surface area contributed by atoms with Crippen molar-refractivity contribution in [1.82, 2.24) is 24.9 Å². The zero-order valence-corrected chi connectivity index (χ0v) is 18.4. The Bertz CT molecular complexity index is 693. The van der Waals surface area contributed by atoms with Gasteiger partial charge in [-0.25, -0.2) is 0 Å². The van der Waals surface area contributed by atoms with Crippen LogP contribution in [-0.2, 0) is 14.3 Å². The summed E-state index contributed by atoms with van der Waals surface area (Å²) in [4.78, 5) is 34.0. The van der Waals surface area contributed by atoms with Crippen LogP contribution in [0.15, 0.2) is 30.3 Å². The summed E-state index contributed by atoms with van der Waals surface area (Å²) in [5.74, 6) is 0.146. The largest absolute Gasteiger partial charge is 0.379 e. The Balaban J connectivity index is 1.56. The molecular weight excluding hydrogens is 382 g/mol. The van der Waals surface area contributed by atoms with Gasteiger partial charge in [0, 0.05) is 45.3 Å². The second kappa shape index (κ2) is 10.9. The summed E-state index contributed by atoms with van der Waals surface area (Å²) in [5.41, 5.74) is 1.00. The zero-order valence-electron chi connectivity index (χ0n) is 18.4. The molecule has 1 aromatic carbocycles. The van der Waals surface area contributed by atoms with Crippen molar-refractivity contribution in [2.24, 2.45) is 0 Å². The highest BCUT2D eigenvalue weighted by molar-refractivity contribution is 5.83. The van der Waals surface area contributed by atoms with E-state index < -0.39 is 0 Å². The number of rotatable bonds is 7. The van der Waals surface area contributed by atoms with Crippen LogP contribution in [0.25, 0.3) is 0 Å². The van der Waals surface area contributed by atoms with Gasteiger partial charge in [-0.3, -0.25) is 24.3 Å². The number of benzene rings is 1. The molecule has 0 aliphatic carbocycles. The van der Waals surface area contributed by atoms with Crippen molar-refractivity contribution in [3.63, 3.8) is 0 Å². The first-order valence-corrected chi connectivity index (χ1v) is 10.7. The van der Waals surface area contributed by atoms with Gasteiger partial charge in [-0.1, -0.05) is 30.3 Å². The van der Waals surface area contributed by atoms with Gasteiger partial charge in [0.15, 0.2) is 0 Å². The minimum atomic E-state index is -0.300. The van der Waals surface area contributed by atoms with Crippen molar-refractivity contribution in [3.05, 3.63) is 35.9 Å². The molecule has 8 nitrogen and oxygen atoms in total. The van der Waals surface area contributed by atoms with E-state index in [4.69, 9.17) is 4.74 Å². The molecule has 2 atom stereocenters. The number of piperazine rings is 1. The minimum Gasteiger partial charge on any atom is -0.379 e. The third-order valence-electron chi connectivity index (χ3n) is 5.96. The van der Waals surface area contributed by atoms with Crippen molar-refractivity contribution in [3.8, 4) is 0 Å². The standard InChI is InChI=1S/C22H35N5O3/c1-24(2)21(18-7-5-4-6-8-18)22(29)27-10-9-25(3)19(16-27)15-23-20(28)17-26-11-13-30-14-12-26/h4-8,19,21H,9-17H2,1-3H3,(H,23,28)/t19?,21-/m1/s1. The highest BCUT2D eigenvalue weighted by atomic mass is 16.5. The molecule has 0 bridgehead atoms.